The molecule has 1 aromatic carbocycles. The Morgan fingerprint density at radius 3 is 2.71 bits per heavy atom. The zero-order valence-corrected chi connectivity index (χ0v) is 12.1. The van der Waals surface area contributed by atoms with E-state index in [4.69, 9.17) is 16.9 Å². The summed E-state index contributed by atoms with van der Waals surface area (Å²) in [6.07, 6.45) is 2.47. The molecule has 2 heterocycles. The average Bonchev–Trinajstić information content (AvgIpc) is 2.86. The molecule has 0 aliphatic heterocycles. The lowest BCUT2D eigenvalue weighted by Crippen LogP contribution is -2.06. The molecule has 0 fully saturated rings. The van der Waals surface area contributed by atoms with Gasteiger partial charge in [0.15, 0.2) is 5.65 Å². The molecule has 5 heteroatoms. The lowest BCUT2D eigenvalue weighted by molar-refractivity contribution is 0.747. The van der Waals surface area contributed by atoms with E-state index >= 15 is 0 Å². The van der Waals surface area contributed by atoms with Gasteiger partial charge in [-0.15, -0.1) is 11.6 Å². The summed E-state index contributed by atoms with van der Waals surface area (Å²) in [6, 6.07) is 13.5. The summed E-state index contributed by atoms with van der Waals surface area (Å²) in [4.78, 5) is 9.01. The van der Waals surface area contributed by atoms with Crippen molar-refractivity contribution in [1.29, 1.82) is 5.26 Å². The Hall–Kier alpha value is -2.38. The highest BCUT2D eigenvalue weighted by atomic mass is 35.5. The van der Waals surface area contributed by atoms with Crippen LogP contribution in [0, 0.1) is 11.3 Å². The highest BCUT2D eigenvalue weighted by molar-refractivity contribution is 6.17. The molecule has 3 aromatic rings. The van der Waals surface area contributed by atoms with Gasteiger partial charge in [0.05, 0.1) is 18.2 Å². The minimum Gasteiger partial charge on any atom is -0.308 e. The van der Waals surface area contributed by atoms with Gasteiger partial charge in [0.2, 0.25) is 0 Å². The maximum atomic E-state index is 8.85. The van der Waals surface area contributed by atoms with Crippen LogP contribution in [0.5, 0.6) is 0 Å². The number of fused-ring (bicyclic) bond motifs is 1. The van der Waals surface area contributed by atoms with Gasteiger partial charge in [-0.25, -0.2) is 9.97 Å². The van der Waals surface area contributed by atoms with Crippen LogP contribution in [0.25, 0.3) is 11.2 Å². The summed E-state index contributed by atoms with van der Waals surface area (Å²) in [5.74, 6) is 1.46. The molecule has 21 heavy (non-hydrogen) atoms. The van der Waals surface area contributed by atoms with Gasteiger partial charge in [0.1, 0.15) is 11.3 Å². The first-order valence-electron chi connectivity index (χ1n) is 6.67. The third-order valence-electron chi connectivity index (χ3n) is 3.32. The first-order valence-corrected chi connectivity index (χ1v) is 7.20. The predicted molar refractivity (Wildman–Crippen MR) is 82.2 cm³/mol. The van der Waals surface area contributed by atoms with E-state index in [0.29, 0.717) is 24.4 Å². The molecule has 4 nitrogen and oxygen atoms in total. The minimum atomic E-state index is 0.524. The van der Waals surface area contributed by atoms with Gasteiger partial charge in [-0.1, -0.05) is 12.1 Å². The number of alkyl halides is 1. The molecule has 0 aliphatic carbocycles. The molecule has 104 valence electrons. The third kappa shape index (κ3) is 2.74. The van der Waals surface area contributed by atoms with Crippen molar-refractivity contribution in [2.24, 2.45) is 0 Å². The Kier molecular flexibility index (Phi) is 3.85. The Labute approximate surface area is 127 Å². The van der Waals surface area contributed by atoms with Crippen LogP contribution in [-0.4, -0.2) is 20.4 Å². The van der Waals surface area contributed by atoms with Crippen molar-refractivity contribution in [1.82, 2.24) is 14.5 Å². The van der Waals surface area contributed by atoms with Crippen LogP contribution in [0.2, 0.25) is 0 Å². The Morgan fingerprint density at radius 2 is 2.00 bits per heavy atom. The van der Waals surface area contributed by atoms with Gasteiger partial charge in [0.25, 0.3) is 0 Å². The molecule has 0 bridgehead atoms. The zero-order valence-electron chi connectivity index (χ0n) is 11.3. The van der Waals surface area contributed by atoms with Gasteiger partial charge < -0.3 is 4.57 Å². The van der Waals surface area contributed by atoms with Gasteiger partial charge in [-0.05, 0) is 29.8 Å². The maximum Gasteiger partial charge on any atom is 0.160 e. The van der Waals surface area contributed by atoms with Crippen molar-refractivity contribution in [3.05, 3.63) is 59.5 Å². The number of nitriles is 1. The molecule has 0 unspecified atom stereocenters. The maximum absolute atomic E-state index is 8.85. The number of hydrogen-bond donors (Lipinski definition) is 0. The molecule has 0 saturated heterocycles. The number of pyridine rings is 1. The number of hydrogen-bond acceptors (Lipinski definition) is 3. The van der Waals surface area contributed by atoms with Crippen LogP contribution >= 0.6 is 11.6 Å². The standard InChI is InChI=1S/C16H13ClN4/c17-8-7-15-20-14-2-1-9-19-16(14)21(15)11-13-5-3-12(10-18)4-6-13/h1-6,9H,7-8,11H2. The summed E-state index contributed by atoms with van der Waals surface area (Å²) in [5, 5.41) is 8.85. The predicted octanol–water partition coefficient (Wildman–Crippen LogP) is 3.13. The molecule has 0 radical (unpaired) electrons. The van der Waals surface area contributed by atoms with E-state index in [0.717, 1.165) is 22.6 Å². The fourth-order valence-corrected chi connectivity index (χ4v) is 2.48. The minimum absolute atomic E-state index is 0.524. The molecule has 0 spiro atoms. The van der Waals surface area contributed by atoms with Crippen LogP contribution in [0.3, 0.4) is 0 Å². The van der Waals surface area contributed by atoms with E-state index in [1.807, 2.05) is 36.4 Å². The van der Waals surface area contributed by atoms with Crippen molar-refractivity contribution >= 4 is 22.8 Å². The van der Waals surface area contributed by atoms with Crippen LogP contribution in [-0.2, 0) is 13.0 Å². The number of nitrogens with zero attached hydrogens (tertiary/aromatic N) is 4. The van der Waals surface area contributed by atoms with E-state index < -0.39 is 0 Å². The van der Waals surface area contributed by atoms with Crippen LogP contribution < -0.4 is 0 Å². The van der Waals surface area contributed by atoms with Crippen molar-refractivity contribution < 1.29 is 0 Å². The van der Waals surface area contributed by atoms with E-state index in [1.165, 1.54) is 0 Å². The first kappa shape index (κ1) is 13.6. The fourth-order valence-electron chi connectivity index (χ4n) is 2.31. The van der Waals surface area contributed by atoms with Crippen LogP contribution in [0.15, 0.2) is 42.6 Å². The summed E-state index contributed by atoms with van der Waals surface area (Å²) in [6.45, 7) is 0.672. The second-order valence-electron chi connectivity index (χ2n) is 4.71. The van der Waals surface area contributed by atoms with Crippen LogP contribution in [0.4, 0.5) is 0 Å². The summed E-state index contributed by atoms with van der Waals surface area (Å²) < 4.78 is 2.08. The molecule has 0 saturated carbocycles. The summed E-state index contributed by atoms with van der Waals surface area (Å²) in [7, 11) is 0. The fraction of sp³-hybridized carbons (Fsp3) is 0.188. The largest absolute Gasteiger partial charge is 0.308 e. The van der Waals surface area contributed by atoms with Crippen molar-refractivity contribution in [2.45, 2.75) is 13.0 Å². The number of halogens is 1. The highest BCUT2D eigenvalue weighted by Crippen LogP contribution is 2.17. The smallest absolute Gasteiger partial charge is 0.160 e. The quantitative estimate of drug-likeness (QED) is 0.695. The molecule has 3 rings (SSSR count). The van der Waals surface area contributed by atoms with Gasteiger partial charge in [0, 0.05) is 18.5 Å². The third-order valence-corrected chi connectivity index (χ3v) is 3.51. The van der Waals surface area contributed by atoms with E-state index in [2.05, 4.69) is 20.6 Å². The molecule has 0 atom stereocenters. The van der Waals surface area contributed by atoms with Gasteiger partial charge in [-0.2, -0.15) is 5.26 Å². The normalized spacial score (nSPS) is 10.7. The summed E-state index contributed by atoms with van der Waals surface area (Å²) in [5.41, 5.74) is 3.51. The molecule has 0 amide bonds. The van der Waals surface area contributed by atoms with Gasteiger partial charge in [-0.3, -0.25) is 0 Å². The highest BCUT2D eigenvalue weighted by Gasteiger charge is 2.11. The monoisotopic (exact) mass is 296 g/mol. The Balaban J connectivity index is 2.01. The Bertz CT molecular complexity index is 799. The van der Waals surface area contributed by atoms with Crippen molar-refractivity contribution in [3.8, 4) is 6.07 Å². The molecule has 2 aromatic heterocycles. The lowest BCUT2D eigenvalue weighted by Gasteiger charge is -2.08. The number of rotatable bonds is 4. The molecular formula is C16H13ClN4. The van der Waals surface area contributed by atoms with Crippen molar-refractivity contribution in [2.75, 3.05) is 5.88 Å². The topological polar surface area (TPSA) is 54.5 Å². The average molecular weight is 297 g/mol. The number of aryl methyl sites for hydroxylation is 1. The molecule has 0 N–H and O–H groups in total. The number of aromatic nitrogens is 3. The number of benzene rings is 1. The van der Waals surface area contributed by atoms with Crippen LogP contribution in [0.1, 0.15) is 17.0 Å². The second kappa shape index (κ2) is 5.94. The van der Waals surface area contributed by atoms with Crippen molar-refractivity contribution in [3.63, 3.8) is 0 Å². The summed E-state index contributed by atoms with van der Waals surface area (Å²) >= 11 is 5.87. The zero-order chi connectivity index (χ0) is 14.7. The first-order chi connectivity index (χ1) is 10.3. The molecule has 0 aliphatic rings. The van der Waals surface area contributed by atoms with E-state index in [9.17, 15) is 0 Å². The SMILES string of the molecule is N#Cc1ccc(Cn2c(CCCl)nc3cccnc32)cc1. The Morgan fingerprint density at radius 1 is 1.19 bits per heavy atom. The van der Waals surface area contributed by atoms with Gasteiger partial charge >= 0.3 is 0 Å². The van der Waals surface area contributed by atoms with E-state index in [1.54, 1.807) is 6.20 Å². The second-order valence-corrected chi connectivity index (χ2v) is 5.09. The molecular weight excluding hydrogens is 284 g/mol. The van der Waals surface area contributed by atoms with E-state index in [-0.39, 0.29) is 0 Å². The number of imidazole rings is 1. The lowest BCUT2D eigenvalue weighted by atomic mass is 10.1.